The van der Waals surface area contributed by atoms with E-state index >= 15 is 0 Å². The molecule has 0 aliphatic carbocycles. The number of halogens is 3. The lowest BCUT2D eigenvalue weighted by Crippen LogP contribution is -2.27. The Hall–Kier alpha value is -3.09. The van der Waals surface area contributed by atoms with Gasteiger partial charge in [0.25, 0.3) is 0 Å². The second kappa shape index (κ2) is 8.51. The highest BCUT2D eigenvalue weighted by Crippen LogP contribution is 2.32. The van der Waals surface area contributed by atoms with Crippen LogP contribution in [0.3, 0.4) is 0 Å². The normalized spacial score (nSPS) is 17.9. The van der Waals surface area contributed by atoms with Gasteiger partial charge in [-0.2, -0.15) is 13.2 Å². The summed E-state index contributed by atoms with van der Waals surface area (Å²) in [7, 11) is 0. The number of nitrogens with zero attached hydrogens (tertiary/aromatic N) is 2. The van der Waals surface area contributed by atoms with Gasteiger partial charge in [0, 0.05) is 30.4 Å². The zero-order chi connectivity index (χ0) is 21.0. The minimum atomic E-state index is -4.42. The molecule has 1 aromatic heterocycles. The molecule has 1 aromatic carbocycles. The summed E-state index contributed by atoms with van der Waals surface area (Å²) >= 11 is 0. The largest absolute Gasteiger partial charge is 0.478 e. The standard InChI is InChI=1S/C22H21F3N2O2/c1-15-4-3-13-27(15)20-12-9-17(14-26-20)19(5-2-6-21(28)29)16-7-10-18(11-8-16)22(23,24)25/h2,5-12,14-15H,3-4,13H2,1H3,(H,28,29)/b6-2+,19-5-. The number of benzene rings is 1. The lowest BCUT2D eigenvalue weighted by molar-refractivity contribution is -0.137. The van der Waals surface area contributed by atoms with Crippen LogP contribution in [0.5, 0.6) is 0 Å². The predicted molar refractivity (Wildman–Crippen MR) is 106 cm³/mol. The number of carbonyl (C=O) groups is 1. The van der Waals surface area contributed by atoms with Crippen LogP contribution in [0.4, 0.5) is 19.0 Å². The molecule has 0 spiro atoms. The van der Waals surface area contributed by atoms with Crippen molar-refractivity contribution < 1.29 is 23.1 Å². The SMILES string of the molecule is CC1CCCN1c1ccc(/C(=C\C=C\C(=O)O)c2ccc(C(F)(F)F)cc2)cn1. The Morgan fingerprint density at radius 3 is 2.38 bits per heavy atom. The first kappa shape index (κ1) is 20.6. The van der Waals surface area contributed by atoms with Crippen LogP contribution in [0, 0.1) is 0 Å². The van der Waals surface area contributed by atoms with E-state index in [-0.39, 0.29) is 0 Å². The van der Waals surface area contributed by atoms with Crippen molar-refractivity contribution in [2.24, 2.45) is 0 Å². The molecule has 0 bridgehead atoms. The van der Waals surface area contributed by atoms with Crippen molar-refractivity contribution in [1.82, 2.24) is 4.98 Å². The van der Waals surface area contributed by atoms with E-state index in [0.717, 1.165) is 43.4 Å². The van der Waals surface area contributed by atoms with Gasteiger partial charge in [0.15, 0.2) is 0 Å². The zero-order valence-corrected chi connectivity index (χ0v) is 15.9. The molecule has 0 saturated carbocycles. The average Bonchev–Trinajstić information content (AvgIpc) is 3.11. The maximum Gasteiger partial charge on any atom is 0.416 e. The third-order valence-corrected chi connectivity index (χ3v) is 4.93. The van der Waals surface area contributed by atoms with Crippen molar-refractivity contribution in [1.29, 1.82) is 0 Å². The molecule has 1 fully saturated rings. The van der Waals surface area contributed by atoms with Gasteiger partial charge in [-0.15, -0.1) is 0 Å². The fraction of sp³-hybridized carbons (Fsp3) is 0.273. The van der Waals surface area contributed by atoms with Gasteiger partial charge in [0.2, 0.25) is 0 Å². The number of rotatable bonds is 5. The van der Waals surface area contributed by atoms with Gasteiger partial charge in [-0.05, 0) is 55.2 Å². The van der Waals surface area contributed by atoms with Gasteiger partial charge >= 0.3 is 12.1 Å². The number of carboxylic acids is 1. The maximum absolute atomic E-state index is 12.9. The first-order valence-electron chi connectivity index (χ1n) is 9.27. The molecule has 1 saturated heterocycles. The van der Waals surface area contributed by atoms with Crippen molar-refractivity contribution >= 4 is 17.4 Å². The molecule has 2 aromatic rings. The zero-order valence-electron chi connectivity index (χ0n) is 15.9. The van der Waals surface area contributed by atoms with Crippen LogP contribution in [0.1, 0.15) is 36.5 Å². The highest BCUT2D eigenvalue weighted by molar-refractivity contribution is 5.84. The smallest absolute Gasteiger partial charge is 0.416 e. The first-order chi connectivity index (χ1) is 13.8. The topological polar surface area (TPSA) is 53.4 Å². The van der Waals surface area contributed by atoms with Crippen molar-refractivity contribution in [3.63, 3.8) is 0 Å². The second-order valence-corrected chi connectivity index (χ2v) is 6.94. The Balaban J connectivity index is 1.94. The van der Waals surface area contributed by atoms with Gasteiger partial charge in [0.05, 0.1) is 5.56 Å². The molecular weight excluding hydrogens is 381 g/mol. The van der Waals surface area contributed by atoms with Crippen LogP contribution in [0.25, 0.3) is 5.57 Å². The number of carboxylic acid groups (broad SMARTS) is 1. The highest BCUT2D eigenvalue weighted by Gasteiger charge is 2.30. The molecule has 0 radical (unpaired) electrons. The second-order valence-electron chi connectivity index (χ2n) is 6.94. The van der Waals surface area contributed by atoms with Crippen LogP contribution < -0.4 is 4.90 Å². The quantitative estimate of drug-likeness (QED) is 0.554. The number of aromatic nitrogens is 1. The summed E-state index contributed by atoms with van der Waals surface area (Å²) in [5, 5.41) is 8.82. The van der Waals surface area contributed by atoms with E-state index in [1.54, 1.807) is 12.3 Å². The van der Waals surface area contributed by atoms with Crippen molar-refractivity contribution in [3.05, 3.63) is 77.5 Å². The molecule has 1 aliphatic rings. The van der Waals surface area contributed by atoms with Crippen LogP contribution in [0.15, 0.2) is 60.8 Å². The lowest BCUT2D eigenvalue weighted by atomic mass is 9.97. The van der Waals surface area contributed by atoms with Gasteiger partial charge in [-0.25, -0.2) is 9.78 Å². The molecule has 7 heteroatoms. The van der Waals surface area contributed by atoms with E-state index in [9.17, 15) is 18.0 Å². The fourth-order valence-corrected chi connectivity index (χ4v) is 3.41. The van der Waals surface area contributed by atoms with Crippen LogP contribution in [0.2, 0.25) is 0 Å². The van der Waals surface area contributed by atoms with E-state index in [2.05, 4.69) is 16.8 Å². The average molecular weight is 402 g/mol. The molecule has 29 heavy (non-hydrogen) atoms. The monoisotopic (exact) mass is 402 g/mol. The van der Waals surface area contributed by atoms with Crippen molar-refractivity contribution in [2.45, 2.75) is 32.0 Å². The number of hydrogen-bond acceptors (Lipinski definition) is 3. The number of allylic oxidation sites excluding steroid dienone is 2. The van der Waals surface area contributed by atoms with Crippen LogP contribution in [-0.4, -0.2) is 28.6 Å². The number of pyridine rings is 1. The van der Waals surface area contributed by atoms with E-state index in [0.29, 0.717) is 22.7 Å². The Morgan fingerprint density at radius 2 is 1.86 bits per heavy atom. The van der Waals surface area contributed by atoms with Crippen molar-refractivity contribution in [3.8, 4) is 0 Å². The molecule has 2 heterocycles. The number of aliphatic carboxylic acids is 1. The molecular formula is C22H21F3N2O2. The summed E-state index contributed by atoms with van der Waals surface area (Å²) in [5.74, 6) is -0.254. The van der Waals surface area contributed by atoms with Crippen molar-refractivity contribution in [2.75, 3.05) is 11.4 Å². The first-order valence-corrected chi connectivity index (χ1v) is 9.27. The van der Waals surface area contributed by atoms with Gasteiger partial charge in [-0.3, -0.25) is 0 Å². The predicted octanol–water partition coefficient (Wildman–Crippen LogP) is 5.16. The molecule has 1 atom stereocenters. The summed E-state index contributed by atoms with van der Waals surface area (Å²) < 4.78 is 38.6. The van der Waals surface area contributed by atoms with E-state index < -0.39 is 17.7 Å². The molecule has 1 unspecified atom stereocenters. The minimum absolute atomic E-state index is 0.414. The minimum Gasteiger partial charge on any atom is -0.478 e. The lowest BCUT2D eigenvalue weighted by Gasteiger charge is -2.22. The Labute approximate surface area is 167 Å². The molecule has 0 amide bonds. The maximum atomic E-state index is 12.9. The van der Waals surface area contributed by atoms with Crippen LogP contribution in [-0.2, 0) is 11.0 Å². The summed E-state index contributed by atoms with van der Waals surface area (Å²) in [6.45, 7) is 3.09. The van der Waals surface area contributed by atoms with Crippen LogP contribution >= 0.6 is 0 Å². The molecule has 152 valence electrons. The molecule has 1 aliphatic heterocycles. The van der Waals surface area contributed by atoms with Gasteiger partial charge in [0.1, 0.15) is 5.82 Å². The fourth-order valence-electron chi connectivity index (χ4n) is 3.41. The number of alkyl halides is 3. The molecule has 1 N–H and O–H groups in total. The highest BCUT2D eigenvalue weighted by atomic mass is 19.4. The third-order valence-electron chi connectivity index (χ3n) is 4.93. The molecule has 3 rings (SSSR count). The molecule has 4 nitrogen and oxygen atoms in total. The van der Waals surface area contributed by atoms with Gasteiger partial charge in [-0.1, -0.05) is 24.3 Å². The number of hydrogen-bond donors (Lipinski definition) is 1. The summed E-state index contributed by atoms with van der Waals surface area (Å²) in [6.07, 6.45) is 3.36. The summed E-state index contributed by atoms with van der Waals surface area (Å²) in [6, 6.07) is 8.92. The Bertz CT molecular complexity index is 917. The Kier molecular flexibility index (Phi) is 6.06. The Morgan fingerprint density at radius 1 is 1.17 bits per heavy atom. The summed E-state index contributed by atoms with van der Waals surface area (Å²) in [5.41, 5.74) is 1.08. The van der Waals surface area contributed by atoms with E-state index in [4.69, 9.17) is 5.11 Å². The number of anilines is 1. The van der Waals surface area contributed by atoms with E-state index in [1.807, 2.05) is 12.1 Å². The van der Waals surface area contributed by atoms with Gasteiger partial charge < -0.3 is 10.0 Å². The summed E-state index contributed by atoms with van der Waals surface area (Å²) in [4.78, 5) is 17.5. The third kappa shape index (κ3) is 5.04. The van der Waals surface area contributed by atoms with E-state index in [1.165, 1.54) is 18.2 Å².